The Bertz CT molecular complexity index is 604. The lowest BCUT2D eigenvalue weighted by Crippen LogP contribution is -2.13. The molecule has 0 atom stereocenters. The number of nitrogens with two attached hydrogens (primary N) is 1. The molecule has 0 spiro atoms. The molecule has 6 nitrogen and oxygen atoms in total. The van der Waals surface area contributed by atoms with E-state index in [2.05, 4.69) is 10.1 Å². The van der Waals surface area contributed by atoms with Crippen LogP contribution in [0.1, 0.15) is 5.69 Å². The average Bonchev–Trinajstić information content (AvgIpc) is 2.61. The standard InChI is InChI=1S/C9H10N4O2S/c1-7-9(16(10,14)15)6-12-13(7)8-2-4-11-5-3-8/h2-6H,1H3,(H2,10,14,15). The highest BCUT2D eigenvalue weighted by atomic mass is 32.2. The second kappa shape index (κ2) is 3.69. The number of pyridine rings is 1. The fourth-order valence-electron chi connectivity index (χ4n) is 1.42. The van der Waals surface area contributed by atoms with Crippen LogP contribution >= 0.6 is 0 Å². The summed E-state index contributed by atoms with van der Waals surface area (Å²) in [6.07, 6.45) is 4.45. The molecule has 0 aliphatic heterocycles. The van der Waals surface area contributed by atoms with Crippen molar-refractivity contribution in [2.75, 3.05) is 0 Å². The fraction of sp³-hybridized carbons (Fsp3) is 0.111. The van der Waals surface area contributed by atoms with Gasteiger partial charge in [0.2, 0.25) is 10.0 Å². The maximum Gasteiger partial charge on any atom is 0.241 e. The van der Waals surface area contributed by atoms with E-state index in [1.807, 2.05) is 0 Å². The van der Waals surface area contributed by atoms with Gasteiger partial charge in [-0.15, -0.1) is 0 Å². The van der Waals surface area contributed by atoms with Gasteiger partial charge >= 0.3 is 0 Å². The van der Waals surface area contributed by atoms with Crippen molar-refractivity contribution in [1.29, 1.82) is 0 Å². The van der Waals surface area contributed by atoms with E-state index in [1.165, 1.54) is 10.9 Å². The van der Waals surface area contributed by atoms with Crippen LogP contribution in [0.2, 0.25) is 0 Å². The molecule has 2 N–H and O–H groups in total. The van der Waals surface area contributed by atoms with E-state index in [4.69, 9.17) is 5.14 Å². The van der Waals surface area contributed by atoms with E-state index >= 15 is 0 Å². The summed E-state index contributed by atoms with van der Waals surface area (Å²) in [5.41, 5.74) is 1.22. The van der Waals surface area contributed by atoms with Crippen molar-refractivity contribution in [1.82, 2.24) is 14.8 Å². The van der Waals surface area contributed by atoms with E-state index in [9.17, 15) is 8.42 Å². The molecule has 7 heteroatoms. The molecule has 0 saturated carbocycles. The smallest absolute Gasteiger partial charge is 0.241 e. The Morgan fingerprint density at radius 2 is 1.94 bits per heavy atom. The van der Waals surface area contributed by atoms with Crippen molar-refractivity contribution in [2.45, 2.75) is 11.8 Å². The summed E-state index contributed by atoms with van der Waals surface area (Å²) >= 11 is 0. The first-order chi connectivity index (χ1) is 7.50. The number of aromatic nitrogens is 3. The zero-order valence-corrected chi connectivity index (χ0v) is 9.35. The van der Waals surface area contributed by atoms with Crippen molar-refractivity contribution >= 4 is 10.0 Å². The number of hydrogen-bond donors (Lipinski definition) is 1. The van der Waals surface area contributed by atoms with Crippen LogP contribution in [0.4, 0.5) is 0 Å². The van der Waals surface area contributed by atoms with Gasteiger partial charge in [0.25, 0.3) is 0 Å². The van der Waals surface area contributed by atoms with Crippen LogP contribution in [0.3, 0.4) is 0 Å². The summed E-state index contributed by atoms with van der Waals surface area (Å²) in [7, 11) is -3.72. The quantitative estimate of drug-likeness (QED) is 0.810. The molecule has 0 radical (unpaired) electrons. The van der Waals surface area contributed by atoms with Gasteiger partial charge in [-0.25, -0.2) is 18.2 Å². The summed E-state index contributed by atoms with van der Waals surface area (Å²) in [4.78, 5) is 3.90. The highest BCUT2D eigenvalue weighted by Gasteiger charge is 2.16. The van der Waals surface area contributed by atoms with E-state index in [-0.39, 0.29) is 4.90 Å². The summed E-state index contributed by atoms with van der Waals surface area (Å²) in [6, 6.07) is 3.46. The van der Waals surface area contributed by atoms with E-state index in [0.29, 0.717) is 5.69 Å². The zero-order chi connectivity index (χ0) is 11.8. The highest BCUT2D eigenvalue weighted by Crippen LogP contribution is 2.16. The third kappa shape index (κ3) is 1.82. The van der Waals surface area contributed by atoms with Gasteiger partial charge < -0.3 is 0 Å². The van der Waals surface area contributed by atoms with Crippen molar-refractivity contribution in [2.24, 2.45) is 5.14 Å². The molecule has 0 unspecified atom stereocenters. The molecule has 0 bridgehead atoms. The Kier molecular flexibility index (Phi) is 2.49. The highest BCUT2D eigenvalue weighted by molar-refractivity contribution is 7.89. The lowest BCUT2D eigenvalue weighted by atomic mass is 10.4. The molecule has 84 valence electrons. The van der Waals surface area contributed by atoms with Crippen LogP contribution in [-0.2, 0) is 10.0 Å². The summed E-state index contributed by atoms with van der Waals surface area (Å²) in [6.45, 7) is 1.65. The van der Waals surface area contributed by atoms with Crippen LogP contribution in [0.15, 0.2) is 35.6 Å². The Morgan fingerprint density at radius 3 is 2.44 bits per heavy atom. The first-order valence-corrected chi connectivity index (χ1v) is 6.02. The van der Waals surface area contributed by atoms with Crippen LogP contribution in [-0.4, -0.2) is 23.2 Å². The lowest BCUT2D eigenvalue weighted by molar-refractivity contribution is 0.597. The van der Waals surface area contributed by atoms with Crippen molar-refractivity contribution in [3.8, 4) is 5.69 Å². The van der Waals surface area contributed by atoms with Crippen LogP contribution < -0.4 is 5.14 Å². The Morgan fingerprint density at radius 1 is 1.31 bits per heavy atom. The summed E-state index contributed by atoms with van der Waals surface area (Å²) in [5.74, 6) is 0. The Hall–Kier alpha value is -1.73. The van der Waals surface area contributed by atoms with Crippen molar-refractivity contribution < 1.29 is 8.42 Å². The lowest BCUT2D eigenvalue weighted by Gasteiger charge is -2.03. The second-order valence-electron chi connectivity index (χ2n) is 3.26. The zero-order valence-electron chi connectivity index (χ0n) is 8.53. The normalized spacial score (nSPS) is 11.6. The van der Waals surface area contributed by atoms with Gasteiger partial charge in [-0.05, 0) is 19.1 Å². The molecule has 0 aliphatic carbocycles. The third-order valence-corrected chi connectivity index (χ3v) is 3.19. The molecule has 0 fully saturated rings. The molecule has 2 heterocycles. The topological polar surface area (TPSA) is 90.9 Å². The average molecular weight is 238 g/mol. The minimum Gasteiger partial charge on any atom is -0.265 e. The molecular formula is C9H10N4O2S. The van der Waals surface area contributed by atoms with Gasteiger partial charge in [0.1, 0.15) is 4.90 Å². The molecule has 16 heavy (non-hydrogen) atoms. The van der Waals surface area contributed by atoms with Crippen LogP contribution in [0.25, 0.3) is 5.69 Å². The van der Waals surface area contributed by atoms with Crippen molar-refractivity contribution in [3.63, 3.8) is 0 Å². The van der Waals surface area contributed by atoms with Gasteiger partial charge in [-0.2, -0.15) is 5.10 Å². The maximum absolute atomic E-state index is 11.2. The molecule has 2 aromatic rings. The molecule has 0 aliphatic rings. The monoisotopic (exact) mass is 238 g/mol. The second-order valence-corrected chi connectivity index (χ2v) is 4.79. The molecule has 2 rings (SSSR count). The van der Waals surface area contributed by atoms with Gasteiger partial charge in [0.15, 0.2) is 0 Å². The first kappa shape index (κ1) is 10.8. The summed E-state index contributed by atoms with van der Waals surface area (Å²) in [5, 5.41) is 9.04. The van der Waals surface area contributed by atoms with Crippen LogP contribution in [0, 0.1) is 6.92 Å². The predicted molar refractivity (Wildman–Crippen MR) is 57.5 cm³/mol. The minimum absolute atomic E-state index is 0.0318. The molecule has 0 amide bonds. The van der Waals surface area contributed by atoms with E-state index in [1.54, 1.807) is 31.5 Å². The number of sulfonamides is 1. The van der Waals surface area contributed by atoms with Gasteiger partial charge in [0.05, 0.1) is 17.6 Å². The first-order valence-electron chi connectivity index (χ1n) is 4.48. The van der Waals surface area contributed by atoms with Gasteiger partial charge in [0, 0.05) is 12.4 Å². The number of rotatable bonds is 2. The predicted octanol–water partition coefficient (Wildman–Crippen LogP) is 0.223. The number of nitrogens with zero attached hydrogens (tertiary/aromatic N) is 3. The fourth-order valence-corrected chi connectivity index (χ4v) is 2.11. The van der Waals surface area contributed by atoms with E-state index in [0.717, 1.165) is 5.69 Å². The maximum atomic E-state index is 11.2. The van der Waals surface area contributed by atoms with Gasteiger partial charge in [-0.1, -0.05) is 0 Å². The van der Waals surface area contributed by atoms with Crippen molar-refractivity contribution in [3.05, 3.63) is 36.4 Å². The van der Waals surface area contributed by atoms with Crippen LogP contribution in [0.5, 0.6) is 0 Å². The largest absolute Gasteiger partial charge is 0.265 e. The molecule has 0 saturated heterocycles. The minimum atomic E-state index is -3.72. The van der Waals surface area contributed by atoms with E-state index < -0.39 is 10.0 Å². The SMILES string of the molecule is Cc1c(S(N)(=O)=O)cnn1-c1ccncc1. The Labute approximate surface area is 92.8 Å². The van der Waals surface area contributed by atoms with Gasteiger partial charge in [-0.3, -0.25) is 4.98 Å². The molecule has 2 aromatic heterocycles. The number of primary sulfonamides is 1. The number of hydrogen-bond acceptors (Lipinski definition) is 4. The molecular weight excluding hydrogens is 228 g/mol. The third-order valence-electron chi connectivity index (χ3n) is 2.18. The molecule has 0 aromatic carbocycles. The Balaban J connectivity index is 2.59. The summed E-state index contributed by atoms with van der Waals surface area (Å²) < 4.78 is 23.9.